The van der Waals surface area contributed by atoms with Gasteiger partial charge in [-0.1, -0.05) is 59.7 Å². The zero-order valence-corrected chi connectivity index (χ0v) is 12.4. The van der Waals surface area contributed by atoms with Crippen molar-refractivity contribution in [3.8, 4) is 22.3 Å². The Bertz CT molecular complexity index is 693. The van der Waals surface area contributed by atoms with Crippen LogP contribution in [0.25, 0.3) is 22.3 Å². The van der Waals surface area contributed by atoms with Gasteiger partial charge >= 0.3 is 0 Å². The first-order chi connectivity index (χ1) is 9.36. The normalized spacial score (nSPS) is 9.80. The van der Waals surface area contributed by atoms with E-state index in [1.807, 2.05) is 54.6 Å². The molecule has 0 aliphatic carbocycles. The molecule has 0 aliphatic rings. The SMILES string of the molecule is Nc1ccccc1-c1[c-]cccc1-c1ccccc1.[Pd]. The monoisotopic (exact) mass is 350 g/mol. The van der Waals surface area contributed by atoms with Crippen molar-refractivity contribution in [1.82, 2.24) is 0 Å². The van der Waals surface area contributed by atoms with Crippen LogP contribution in [0.15, 0.2) is 72.8 Å². The molecule has 1 nitrogen and oxygen atoms in total. The average molecular weight is 351 g/mol. The summed E-state index contributed by atoms with van der Waals surface area (Å²) in [5, 5.41) is 0. The Kier molecular flexibility index (Phi) is 4.74. The largest absolute Gasteiger partial charge is 0.406 e. The van der Waals surface area contributed by atoms with E-state index in [0.717, 1.165) is 22.4 Å². The Balaban J connectivity index is 0.00000147. The van der Waals surface area contributed by atoms with Crippen LogP contribution in [0, 0.1) is 6.07 Å². The molecule has 3 aromatic rings. The van der Waals surface area contributed by atoms with Crippen LogP contribution in [0.4, 0.5) is 5.69 Å². The van der Waals surface area contributed by atoms with Crippen LogP contribution in [0.3, 0.4) is 0 Å². The Morgan fingerprint density at radius 2 is 1.35 bits per heavy atom. The maximum absolute atomic E-state index is 6.08. The molecule has 0 unspecified atom stereocenters. The molecule has 0 atom stereocenters. The summed E-state index contributed by atoms with van der Waals surface area (Å²) in [6.45, 7) is 0. The zero-order valence-electron chi connectivity index (χ0n) is 10.8. The third-order valence-electron chi connectivity index (χ3n) is 3.17. The molecule has 0 amide bonds. The van der Waals surface area contributed by atoms with E-state index in [2.05, 4.69) is 24.3 Å². The summed E-state index contributed by atoms with van der Waals surface area (Å²) in [4.78, 5) is 0. The van der Waals surface area contributed by atoms with Gasteiger partial charge in [-0.25, -0.2) is 0 Å². The molecule has 20 heavy (non-hydrogen) atoms. The number of hydrogen-bond acceptors (Lipinski definition) is 1. The summed E-state index contributed by atoms with van der Waals surface area (Å²) in [5.41, 5.74) is 11.3. The number of hydrogen-bond donors (Lipinski definition) is 1. The smallest absolute Gasteiger partial charge is 0 e. The number of benzene rings is 3. The first kappa shape index (κ1) is 14.5. The minimum Gasteiger partial charge on any atom is -0.406 e. The van der Waals surface area contributed by atoms with E-state index >= 15 is 0 Å². The van der Waals surface area contributed by atoms with Crippen LogP contribution in [0.5, 0.6) is 0 Å². The van der Waals surface area contributed by atoms with E-state index in [1.165, 1.54) is 5.56 Å². The molecule has 0 bridgehead atoms. The van der Waals surface area contributed by atoms with Gasteiger partial charge in [-0.2, -0.15) is 0 Å². The van der Waals surface area contributed by atoms with Crippen LogP contribution in [0.2, 0.25) is 0 Å². The van der Waals surface area contributed by atoms with E-state index in [4.69, 9.17) is 5.73 Å². The molecule has 3 rings (SSSR count). The second-order valence-electron chi connectivity index (χ2n) is 4.41. The fourth-order valence-corrected chi connectivity index (χ4v) is 2.24. The van der Waals surface area contributed by atoms with Crippen molar-refractivity contribution in [2.24, 2.45) is 0 Å². The molecule has 0 aromatic heterocycles. The number of nitrogens with two attached hydrogens (primary N) is 1. The minimum absolute atomic E-state index is 0. The molecular weight excluding hydrogens is 337 g/mol. The van der Waals surface area contributed by atoms with Crippen molar-refractivity contribution >= 4 is 5.69 Å². The summed E-state index contributed by atoms with van der Waals surface area (Å²) < 4.78 is 0. The van der Waals surface area contributed by atoms with Crippen molar-refractivity contribution in [3.63, 3.8) is 0 Å². The Labute approximate surface area is 133 Å². The summed E-state index contributed by atoms with van der Waals surface area (Å²) in [7, 11) is 0. The molecule has 0 radical (unpaired) electrons. The van der Waals surface area contributed by atoms with Gasteiger partial charge in [0, 0.05) is 20.4 Å². The van der Waals surface area contributed by atoms with Crippen LogP contribution < -0.4 is 5.73 Å². The van der Waals surface area contributed by atoms with Crippen LogP contribution in [-0.4, -0.2) is 0 Å². The molecule has 0 heterocycles. The van der Waals surface area contributed by atoms with Crippen molar-refractivity contribution in [2.45, 2.75) is 0 Å². The summed E-state index contributed by atoms with van der Waals surface area (Å²) in [6, 6.07) is 27.6. The van der Waals surface area contributed by atoms with Crippen molar-refractivity contribution in [2.75, 3.05) is 5.73 Å². The molecule has 2 N–H and O–H groups in total. The minimum atomic E-state index is 0. The average Bonchev–Trinajstić information content (AvgIpc) is 2.49. The number of para-hydroxylation sites is 1. The van der Waals surface area contributed by atoms with E-state index in [0.29, 0.717) is 0 Å². The molecule has 102 valence electrons. The summed E-state index contributed by atoms with van der Waals surface area (Å²) in [6.07, 6.45) is 0. The summed E-state index contributed by atoms with van der Waals surface area (Å²) in [5.74, 6) is 0. The fraction of sp³-hybridized carbons (Fsp3) is 0. The second kappa shape index (κ2) is 6.52. The van der Waals surface area contributed by atoms with Crippen LogP contribution >= 0.6 is 0 Å². The fourth-order valence-electron chi connectivity index (χ4n) is 2.24. The van der Waals surface area contributed by atoms with E-state index < -0.39 is 0 Å². The van der Waals surface area contributed by atoms with Gasteiger partial charge in [-0.15, -0.1) is 35.4 Å². The van der Waals surface area contributed by atoms with Crippen LogP contribution in [0.1, 0.15) is 0 Å². The van der Waals surface area contributed by atoms with Gasteiger partial charge in [0.1, 0.15) is 0 Å². The summed E-state index contributed by atoms with van der Waals surface area (Å²) >= 11 is 0. The van der Waals surface area contributed by atoms with E-state index in [9.17, 15) is 0 Å². The molecule has 0 saturated heterocycles. The topological polar surface area (TPSA) is 26.0 Å². The molecular formula is C18H14NPd-. The Morgan fingerprint density at radius 3 is 2.10 bits per heavy atom. The molecule has 0 fully saturated rings. The second-order valence-corrected chi connectivity index (χ2v) is 4.41. The van der Waals surface area contributed by atoms with Gasteiger partial charge in [0.05, 0.1) is 0 Å². The van der Waals surface area contributed by atoms with Gasteiger partial charge in [-0.3, -0.25) is 0 Å². The van der Waals surface area contributed by atoms with Gasteiger partial charge in [0.15, 0.2) is 0 Å². The predicted molar refractivity (Wildman–Crippen MR) is 80.6 cm³/mol. The van der Waals surface area contributed by atoms with E-state index in [1.54, 1.807) is 0 Å². The first-order valence-corrected chi connectivity index (χ1v) is 6.27. The molecule has 0 saturated carbocycles. The predicted octanol–water partition coefficient (Wildman–Crippen LogP) is 4.40. The molecule has 3 aromatic carbocycles. The van der Waals surface area contributed by atoms with Crippen LogP contribution in [-0.2, 0) is 20.4 Å². The van der Waals surface area contributed by atoms with Crippen molar-refractivity contribution in [1.29, 1.82) is 0 Å². The Hall–Kier alpha value is -1.88. The third kappa shape index (κ3) is 2.83. The molecule has 0 spiro atoms. The van der Waals surface area contributed by atoms with Gasteiger partial charge in [-0.05, 0) is 11.8 Å². The van der Waals surface area contributed by atoms with Gasteiger partial charge in [0.2, 0.25) is 0 Å². The number of nitrogen functional groups attached to an aromatic ring is 1. The maximum Gasteiger partial charge on any atom is 0 e. The molecule has 0 aliphatic heterocycles. The first-order valence-electron chi connectivity index (χ1n) is 6.27. The van der Waals surface area contributed by atoms with Crippen molar-refractivity contribution in [3.05, 3.63) is 78.9 Å². The Morgan fingerprint density at radius 1 is 0.700 bits per heavy atom. The quantitative estimate of drug-likeness (QED) is 0.414. The molecule has 2 heteroatoms. The third-order valence-corrected chi connectivity index (χ3v) is 3.17. The van der Waals surface area contributed by atoms with Gasteiger partial charge < -0.3 is 5.73 Å². The van der Waals surface area contributed by atoms with E-state index in [-0.39, 0.29) is 20.4 Å². The number of anilines is 1. The van der Waals surface area contributed by atoms with Crippen molar-refractivity contribution < 1.29 is 20.4 Å². The maximum atomic E-state index is 6.08. The standard InChI is InChI=1S/C18H14N.Pd/c19-18-13-7-6-12-17(18)16-11-5-4-10-15(16)14-8-2-1-3-9-14;/h1-10,12-13H,19H2;/q-1;. The van der Waals surface area contributed by atoms with Gasteiger partial charge in [0.25, 0.3) is 0 Å². The zero-order chi connectivity index (χ0) is 13.1. The number of rotatable bonds is 2.